The van der Waals surface area contributed by atoms with Gasteiger partial charge in [0.1, 0.15) is 0 Å². The summed E-state index contributed by atoms with van der Waals surface area (Å²) in [6.07, 6.45) is 3.43. The van der Waals surface area contributed by atoms with Gasteiger partial charge in [0.05, 0.1) is 0 Å². The first-order valence-corrected chi connectivity index (χ1v) is 4.40. The maximum absolute atomic E-state index is 10.2. The van der Waals surface area contributed by atoms with E-state index in [4.69, 9.17) is 5.11 Å². The predicted molar refractivity (Wildman–Crippen MR) is 63.2 cm³/mol. The molecule has 0 aliphatic rings. The van der Waals surface area contributed by atoms with Gasteiger partial charge in [-0.3, -0.25) is 9.78 Å². The number of aryl methyl sites for hydroxylation is 1. The summed E-state index contributed by atoms with van der Waals surface area (Å²) in [5.74, 6) is -0.762. The third kappa shape index (κ3) is 10.8. The third-order valence-electron chi connectivity index (χ3n) is 1.38. The van der Waals surface area contributed by atoms with Gasteiger partial charge in [-0.25, -0.2) is 0 Å². The molecule has 0 aromatic carbocycles. The lowest BCUT2D eigenvalue weighted by atomic mass is 9.08. The van der Waals surface area contributed by atoms with Crippen LogP contribution in [0.15, 0.2) is 24.5 Å². The summed E-state index contributed by atoms with van der Waals surface area (Å²) in [7, 11) is 14.0. The van der Waals surface area contributed by atoms with Gasteiger partial charge in [-0.1, -0.05) is 0 Å². The van der Waals surface area contributed by atoms with Crippen molar-refractivity contribution in [3.8, 4) is 0 Å². The fourth-order valence-corrected chi connectivity index (χ4v) is 0.801. The molecule has 1 aromatic heterocycles. The molecule has 3 nitrogen and oxygen atoms in total. The summed E-state index contributed by atoms with van der Waals surface area (Å²) in [6, 6.07) is 3.64. The average Bonchev–Trinajstić information content (AvgIpc) is 2.15. The highest BCUT2D eigenvalue weighted by atomic mass is 16.4. The van der Waals surface area contributed by atoms with E-state index in [-0.39, 0.29) is 6.42 Å². The maximum Gasteiger partial charge on any atom is 0.303 e. The van der Waals surface area contributed by atoms with E-state index in [1.807, 2.05) is 12.1 Å². The lowest BCUT2D eigenvalue weighted by molar-refractivity contribution is -0.136. The van der Waals surface area contributed by atoms with Gasteiger partial charge in [-0.2, -0.15) is 0 Å². The molecule has 1 aromatic rings. The van der Waals surface area contributed by atoms with Crippen LogP contribution >= 0.6 is 0 Å². The van der Waals surface area contributed by atoms with Gasteiger partial charge >= 0.3 is 5.97 Å². The van der Waals surface area contributed by atoms with Gasteiger partial charge < -0.3 is 5.11 Å². The number of carboxylic acids is 1. The molecule has 1 N–H and O–H groups in total. The van der Waals surface area contributed by atoms with Gasteiger partial charge in [0.2, 0.25) is 0 Å². The molecule has 6 radical (unpaired) electrons. The largest absolute Gasteiger partial charge is 0.481 e. The Morgan fingerprint density at radius 2 is 1.80 bits per heavy atom. The second kappa shape index (κ2) is 8.21. The minimum atomic E-state index is -0.762. The van der Waals surface area contributed by atoms with Crippen molar-refractivity contribution < 1.29 is 9.90 Å². The number of carbonyl (C=O) groups is 1. The van der Waals surface area contributed by atoms with E-state index in [9.17, 15) is 4.79 Å². The summed E-state index contributed by atoms with van der Waals surface area (Å²) in [5.41, 5.74) is 1.02. The highest BCUT2D eigenvalue weighted by Gasteiger charge is 1.96. The first kappa shape index (κ1) is 13.9. The van der Waals surface area contributed by atoms with Crippen LogP contribution in [0.5, 0.6) is 0 Å². The molecule has 0 aliphatic heterocycles. The van der Waals surface area contributed by atoms with Crippen LogP contribution in [0.3, 0.4) is 0 Å². The zero-order valence-corrected chi connectivity index (χ0v) is 8.34. The highest BCUT2D eigenvalue weighted by Crippen LogP contribution is 1.99. The van der Waals surface area contributed by atoms with Crippen LogP contribution in [0.25, 0.3) is 0 Å². The number of rotatable bonds is 3. The van der Waals surface area contributed by atoms with Crippen LogP contribution in [0.2, 0.25) is 0 Å². The third-order valence-corrected chi connectivity index (χ3v) is 1.38. The van der Waals surface area contributed by atoms with Gasteiger partial charge in [0.15, 0.2) is 0 Å². The van der Waals surface area contributed by atoms with E-state index in [1.54, 1.807) is 12.4 Å². The Hall–Kier alpha value is -1.12. The Morgan fingerprint density at radius 1 is 1.33 bits per heavy atom. The zero-order chi connectivity index (χ0) is 11.7. The smallest absolute Gasteiger partial charge is 0.303 e. The molecule has 7 heteroatoms. The number of pyridine rings is 1. The van der Waals surface area contributed by atoms with Gasteiger partial charge in [-0.15, -0.1) is 0 Å². The standard InChI is InChI=1S/C8H9NO2.B4/c10-8(11)2-1-7-3-5-9-6-4-7;1-4(2)3/h3-6H,1-2H2,(H,10,11);. The number of hydrogen-bond acceptors (Lipinski definition) is 2. The summed E-state index contributed by atoms with van der Waals surface area (Å²) in [6.45, 7) is 0. The summed E-state index contributed by atoms with van der Waals surface area (Å²) < 4.78 is 0. The molecule has 70 valence electrons. The van der Waals surface area contributed by atoms with E-state index in [0.29, 0.717) is 6.42 Å². The second-order valence-corrected chi connectivity index (χ2v) is 2.83. The van der Waals surface area contributed by atoms with Crippen molar-refractivity contribution in [2.45, 2.75) is 12.8 Å². The SMILES string of the molecule is O=C(O)CCc1ccncc1.[B]B([B])[B]. The van der Waals surface area contributed by atoms with Crippen LogP contribution in [0.4, 0.5) is 0 Å². The Balaban J connectivity index is 0.000000423. The molecule has 0 spiro atoms. The van der Waals surface area contributed by atoms with Crippen molar-refractivity contribution in [1.29, 1.82) is 0 Å². The number of nitrogens with zero attached hydrogens (tertiary/aromatic N) is 1. The lowest BCUT2D eigenvalue weighted by Gasteiger charge is -1.95. The van der Waals surface area contributed by atoms with Crippen molar-refractivity contribution >= 4 is 35.6 Å². The highest BCUT2D eigenvalue weighted by molar-refractivity contribution is 7.49. The van der Waals surface area contributed by atoms with E-state index in [0.717, 1.165) is 5.56 Å². The molecule has 0 fully saturated rings. The molecule has 0 saturated heterocycles. The Morgan fingerprint density at radius 3 is 2.20 bits per heavy atom. The molecule has 1 heterocycles. The Bertz CT molecular complexity index is 278. The van der Waals surface area contributed by atoms with Gasteiger partial charge in [0.25, 0.3) is 0 Å². The maximum atomic E-state index is 10.2. The molecular weight excluding hydrogens is 185 g/mol. The van der Waals surface area contributed by atoms with Crippen LogP contribution in [-0.2, 0) is 11.2 Å². The first-order valence-electron chi connectivity index (χ1n) is 4.40. The van der Waals surface area contributed by atoms with Crippen molar-refractivity contribution in [2.24, 2.45) is 0 Å². The van der Waals surface area contributed by atoms with E-state index in [1.165, 1.54) is 0 Å². The average molecular weight is 194 g/mol. The molecule has 0 unspecified atom stereocenters. The van der Waals surface area contributed by atoms with Gasteiger partial charge in [0, 0.05) is 48.4 Å². The Labute approximate surface area is 93.9 Å². The topological polar surface area (TPSA) is 50.2 Å². The molecule has 0 bridgehead atoms. The molecule has 0 aliphatic carbocycles. The van der Waals surface area contributed by atoms with E-state index < -0.39 is 12.4 Å². The van der Waals surface area contributed by atoms with Crippen LogP contribution in [-0.4, -0.2) is 45.7 Å². The predicted octanol–water partition coefficient (Wildman–Crippen LogP) is -0.424. The molecular formula is C8H9B4NO2. The van der Waals surface area contributed by atoms with Crippen molar-refractivity contribution in [3.63, 3.8) is 0 Å². The minimum Gasteiger partial charge on any atom is -0.481 e. The van der Waals surface area contributed by atoms with Crippen molar-refractivity contribution in [3.05, 3.63) is 30.1 Å². The van der Waals surface area contributed by atoms with Gasteiger partial charge in [-0.05, 0) is 24.1 Å². The second-order valence-electron chi connectivity index (χ2n) is 2.83. The van der Waals surface area contributed by atoms with Crippen molar-refractivity contribution in [2.75, 3.05) is 0 Å². The van der Waals surface area contributed by atoms with E-state index in [2.05, 4.69) is 28.2 Å². The number of hydrogen-bond donors (Lipinski definition) is 1. The first-order chi connectivity index (χ1) is 7.02. The number of aliphatic carboxylic acids is 1. The molecule has 15 heavy (non-hydrogen) atoms. The Kier molecular flexibility index (Phi) is 7.60. The van der Waals surface area contributed by atoms with E-state index >= 15 is 0 Å². The van der Waals surface area contributed by atoms with Crippen LogP contribution in [0.1, 0.15) is 12.0 Å². The normalized spacial score (nSPS) is 8.53. The number of carboxylic acid groups (broad SMARTS) is 1. The summed E-state index contributed by atoms with van der Waals surface area (Å²) >= 11 is 0. The lowest BCUT2D eigenvalue weighted by Crippen LogP contribution is -2.11. The quantitative estimate of drug-likeness (QED) is 0.665. The van der Waals surface area contributed by atoms with Crippen molar-refractivity contribution in [1.82, 2.24) is 4.98 Å². The summed E-state index contributed by atoms with van der Waals surface area (Å²) in [5, 5.41) is 8.36. The molecule has 0 saturated carbocycles. The molecule has 0 amide bonds. The van der Waals surface area contributed by atoms with Crippen LogP contribution in [0, 0.1) is 0 Å². The number of aromatic nitrogens is 1. The molecule has 0 atom stereocenters. The minimum absolute atomic E-state index is 0.185. The fraction of sp³-hybridized carbons (Fsp3) is 0.250. The van der Waals surface area contributed by atoms with Crippen LogP contribution < -0.4 is 0 Å². The molecule has 1 rings (SSSR count). The zero-order valence-electron chi connectivity index (χ0n) is 8.34. The fourth-order valence-electron chi connectivity index (χ4n) is 0.801. The monoisotopic (exact) mass is 195 g/mol. The summed E-state index contributed by atoms with van der Waals surface area (Å²) in [4.78, 5) is 14.0.